The fraction of sp³-hybridized carbons (Fsp3) is 0.167. The fourth-order valence-corrected chi connectivity index (χ4v) is 3.19. The summed E-state index contributed by atoms with van der Waals surface area (Å²) in [4.78, 5) is 19.4. The first-order chi connectivity index (χ1) is 15.7. The van der Waals surface area contributed by atoms with E-state index >= 15 is 0 Å². The molecule has 4 rings (SSSR count). The van der Waals surface area contributed by atoms with Gasteiger partial charge in [-0.15, -0.1) is 0 Å². The molecule has 1 aromatic heterocycles. The highest BCUT2D eigenvalue weighted by atomic mass is 16.6. The first kappa shape index (κ1) is 21.0. The molecule has 162 valence electrons. The van der Waals surface area contributed by atoms with Crippen LogP contribution in [0.25, 0.3) is 10.8 Å². The number of ether oxygens (including phenoxy) is 2. The first-order valence-corrected chi connectivity index (χ1v) is 10.3. The van der Waals surface area contributed by atoms with Crippen molar-refractivity contribution in [2.75, 3.05) is 11.9 Å². The van der Waals surface area contributed by atoms with Gasteiger partial charge in [-0.3, -0.25) is 10.1 Å². The number of nitrogens with one attached hydrogen (secondary N) is 1. The molecule has 0 aliphatic carbocycles. The fourth-order valence-electron chi connectivity index (χ4n) is 3.19. The maximum Gasteiger partial charge on any atom is 0.373 e. The van der Waals surface area contributed by atoms with Crippen molar-refractivity contribution in [3.05, 3.63) is 83.2 Å². The van der Waals surface area contributed by atoms with Crippen LogP contribution in [-0.2, 0) is 0 Å². The molecule has 1 N–H and O–H groups in total. The Kier molecular flexibility index (Phi) is 6.41. The molecule has 0 saturated carbocycles. The number of aromatic nitrogens is 2. The van der Waals surface area contributed by atoms with Crippen LogP contribution in [0.1, 0.15) is 19.8 Å². The lowest BCUT2D eigenvalue weighted by atomic mass is 10.1. The summed E-state index contributed by atoms with van der Waals surface area (Å²) < 4.78 is 11.5. The number of nitrogens with zero attached hydrogens (tertiary/aromatic N) is 3. The zero-order chi connectivity index (χ0) is 22.3. The second-order valence-corrected chi connectivity index (χ2v) is 7.06. The molecule has 0 fully saturated rings. The normalized spacial score (nSPS) is 10.7. The van der Waals surface area contributed by atoms with Gasteiger partial charge in [0, 0.05) is 11.1 Å². The number of hydrogen-bond donors (Lipinski definition) is 1. The second-order valence-electron chi connectivity index (χ2n) is 7.06. The average molecular weight is 430 g/mol. The summed E-state index contributed by atoms with van der Waals surface area (Å²) in [7, 11) is 0. The number of hydrogen-bond acceptors (Lipinski definition) is 7. The number of nitro groups is 1. The summed E-state index contributed by atoms with van der Waals surface area (Å²) in [6.07, 6.45) is 3.27. The van der Waals surface area contributed by atoms with Gasteiger partial charge >= 0.3 is 11.6 Å². The standard InChI is InChI=1S/C24H22N4O4/c1-2-3-15-31-19-13-11-18(12-14-19)27-23-22(28(29)30)24(26-16-25-23)32-21-10-6-8-17-7-4-5-9-20(17)21/h4-14,16H,2-3,15H2,1H3,(H,25,26,27). The van der Waals surface area contributed by atoms with E-state index in [1.54, 1.807) is 30.3 Å². The minimum absolute atomic E-state index is 0.0416. The Balaban J connectivity index is 1.60. The van der Waals surface area contributed by atoms with Crippen molar-refractivity contribution in [3.63, 3.8) is 0 Å². The molecule has 8 nitrogen and oxygen atoms in total. The number of benzene rings is 3. The van der Waals surface area contributed by atoms with Crippen LogP contribution in [0.4, 0.5) is 17.2 Å². The average Bonchev–Trinajstić information content (AvgIpc) is 2.81. The minimum Gasteiger partial charge on any atom is -0.494 e. The van der Waals surface area contributed by atoms with Crippen molar-refractivity contribution < 1.29 is 14.4 Å². The Morgan fingerprint density at radius 2 is 1.78 bits per heavy atom. The Labute approximate surface area is 185 Å². The zero-order valence-corrected chi connectivity index (χ0v) is 17.5. The van der Waals surface area contributed by atoms with Crippen LogP contribution in [-0.4, -0.2) is 21.5 Å². The Hall–Kier alpha value is -4.20. The van der Waals surface area contributed by atoms with Gasteiger partial charge < -0.3 is 14.8 Å². The third-order valence-corrected chi connectivity index (χ3v) is 4.81. The smallest absolute Gasteiger partial charge is 0.373 e. The van der Waals surface area contributed by atoms with Crippen molar-refractivity contribution in [1.29, 1.82) is 0 Å². The predicted molar refractivity (Wildman–Crippen MR) is 123 cm³/mol. The SMILES string of the molecule is CCCCOc1ccc(Nc2ncnc(Oc3cccc4ccccc34)c2[N+](=O)[O-])cc1. The molecular formula is C24H22N4O4. The zero-order valence-electron chi connectivity index (χ0n) is 17.5. The first-order valence-electron chi connectivity index (χ1n) is 10.3. The summed E-state index contributed by atoms with van der Waals surface area (Å²) in [5.74, 6) is 1.12. The minimum atomic E-state index is -0.551. The maximum absolute atomic E-state index is 11.9. The van der Waals surface area contributed by atoms with Gasteiger partial charge in [0.15, 0.2) is 0 Å². The van der Waals surface area contributed by atoms with Gasteiger partial charge in [-0.25, -0.2) is 4.98 Å². The molecule has 0 radical (unpaired) electrons. The largest absolute Gasteiger partial charge is 0.494 e. The molecular weight excluding hydrogens is 408 g/mol. The molecule has 0 unspecified atom stereocenters. The summed E-state index contributed by atoms with van der Waals surface area (Å²) in [6.45, 7) is 2.75. The Bertz CT molecular complexity index is 1220. The van der Waals surface area contributed by atoms with E-state index in [4.69, 9.17) is 9.47 Å². The van der Waals surface area contributed by atoms with E-state index in [1.807, 2.05) is 36.4 Å². The number of unbranched alkanes of at least 4 members (excludes halogenated alkanes) is 1. The van der Waals surface area contributed by atoms with Crippen molar-refractivity contribution >= 4 is 28.0 Å². The van der Waals surface area contributed by atoms with Crippen LogP contribution < -0.4 is 14.8 Å². The summed E-state index contributed by atoms with van der Waals surface area (Å²) >= 11 is 0. The Morgan fingerprint density at radius 1 is 1.00 bits per heavy atom. The molecule has 3 aromatic carbocycles. The van der Waals surface area contributed by atoms with Crippen molar-refractivity contribution in [3.8, 4) is 17.4 Å². The van der Waals surface area contributed by atoms with Crippen LogP contribution in [0.5, 0.6) is 17.4 Å². The predicted octanol–water partition coefficient (Wildman–Crippen LogP) is 6.25. The highest BCUT2D eigenvalue weighted by molar-refractivity contribution is 5.88. The lowest BCUT2D eigenvalue weighted by molar-refractivity contribution is -0.385. The number of anilines is 2. The van der Waals surface area contributed by atoms with Crippen LogP contribution in [0.15, 0.2) is 73.1 Å². The lowest BCUT2D eigenvalue weighted by Gasteiger charge is -2.11. The topological polar surface area (TPSA) is 99.4 Å². The third kappa shape index (κ3) is 4.75. The third-order valence-electron chi connectivity index (χ3n) is 4.81. The van der Waals surface area contributed by atoms with Gasteiger partial charge in [-0.2, -0.15) is 4.98 Å². The quantitative estimate of drug-likeness (QED) is 0.190. The summed E-state index contributed by atoms with van der Waals surface area (Å²) in [5.41, 5.74) is 0.287. The van der Waals surface area contributed by atoms with E-state index in [1.165, 1.54) is 6.33 Å². The maximum atomic E-state index is 11.9. The molecule has 8 heteroatoms. The van der Waals surface area contributed by atoms with Crippen LogP contribution in [0.2, 0.25) is 0 Å². The highest BCUT2D eigenvalue weighted by Crippen LogP contribution is 2.37. The molecule has 0 atom stereocenters. The number of rotatable bonds is 9. The van der Waals surface area contributed by atoms with Gasteiger partial charge in [-0.1, -0.05) is 49.7 Å². The monoisotopic (exact) mass is 430 g/mol. The molecule has 32 heavy (non-hydrogen) atoms. The van der Waals surface area contributed by atoms with Gasteiger partial charge in [0.2, 0.25) is 5.82 Å². The molecule has 0 aliphatic heterocycles. The highest BCUT2D eigenvalue weighted by Gasteiger charge is 2.25. The molecule has 0 amide bonds. The second kappa shape index (κ2) is 9.74. The van der Waals surface area contributed by atoms with Crippen LogP contribution in [0, 0.1) is 10.1 Å². The van der Waals surface area contributed by atoms with Crippen LogP contribution in [0.3, 0.4) is 0 Å². The Morgan fingerprint density at radius 3 is 2.56 bits per heavy atom. The van der Waals surface area contributed by atoms with Crippen molar-refractivity contribution in [1.82, 2.24) is 9.97 Å². The van der Waals surface area contributed by atoms with Gasteiger partial charge in [0.05, 0.1) is 11.5 Å². The van der Waals surface area contributed by atoms with E-state index in [0.717, 1.165) is 29.4 Å². The molecule has 0 aliphatic rings. The van der Waals surface area contributed by atoms with Gasteiger partial charge in [-0.05, 0) is 42.1 Å². The van der Waals surface area contributed by atoms with Gasteiger partial charge in [0.1, 0.15) is 17.8 Å². The van der Waals surface area contributed by atoms with E-state index in [0.29, 0.717) is 18.0 Å². The van der Waals surface area contributed by atoms with E-state index in [-0.39, 0.29) is 17.4 Å². The van der Waals surface area contributed by atoms with Crippen molar-refractivity contribution in [2.24, 2.45) is 0 Å². The molecule has 1 heterocycles. The summed E-state index contributed by atoms with van der Waals surface area (Å²) in [5, 5.41) is 16.6. The van der Waals surface area contributed by atoms with E-state index in [9.17, 15) is 10.1 Å². The molecule has 0 spiro atoms. The number of fused-ring (bicyclic) bond motifs is 1. The van der Waals surface area contributed by atoms with E-state index < -0.39 is 4.92 Å². The van der Waals surface area contributed by atoms with E-state index in [2.05, 4.69) is 22.2 Å². The molecule has 0 saturated heterocycles. The molecule has 4 aromatic rings. The molecule has 0 bridgehead atoms. The van der Waals surface area contributed by atoms with Crippen LogP contribution >= 0.6 is 0 Å². The van der Waals surface area contributed by atoms with Gasteiger partial charge in [0.25, 0.3) is 0 Å². The summed E-state index contributed by atoms with van der Waals surface area (Å²) in [6, 6.07) is 20.3. The lowest BCUT2D eigenvalue weighted by Crippen LogP contribution is -2.04. The van der Waals surface area contributed by atoms with Crippen molar-refractivity contribution in [2.45, 2.75) is 19.8 Å².